The number of hydrogen-bond donors (Lipinski definition) is 1. The molecule has 2 aromatic heterocycles. The van der Waals surface area contributed by atoms with Gasteiger partial charge in [-0.25, -0.2) is 9.97 Å². The van der Waals surface area contributed by atoms with Crippen LogP contribution in [0.4, 0.5) is 5.95 Å². The number of hydrogen-bond acceptors (Lipinski definition) is 7. The Kier molecular flexibility index (Phi) is 8.07. The molecule has 0 amide bonds. The third-order valence-corrected chi connectivity index (χ3v) is 7.54. The van der Waals surface area contributed by atoms with Gasteiger partial charge in [0.1, 0.15) is 35.9 Å². The lowest BCUT2D eigenvalue weighted by Gasteiger charge is -2.35. The number of fused-ring (bicyclic) bond motifs is 1. The van der Waals surface area contributed by atoms with Gasteiger partial charge < -0.3 is 24.7 Å². The van der Waals surface area contributed by atoms with E-state index in [2.05, 4.69) is 41.2 Å². The van der Waals surface area contributed by atoms with Crippen LogP contribution in [0, 0.1) is 0 Å². The number of nitrogens with zero attached hydrogens (tertiary/aromatic N) is 3. The standard InChI is InChI=1S/C33H34N4O4/c1-33(40-21-26-15-9-4-10-16-26)30(27-17-29-35-23-36-32(34)37(29)18-27)41-28(22-38-19-24-11-5-2-6-12-24)31(33)39-20-25-13-7-3-8-14-25/h2-18,23,28,30-31H,19-22H2,1H3,(H2,34,35,36)/t28-,30+,31-,33-/m1/s1. The SMILES string of the molecule is C[C@]1(OCc2ccccc2)[C@H](OCc2ccccc2)[C@@H](COCc2ccccc2)O[C@H]1c1cc2ncnc(N)n2c1. The van der Waals surface area contributed by atoms with E-state index in [1.165, 1.54) is 6.33 Å². The molecule has 1 saturated heterocycles. The lowest BCUT2D eigenvalue weighted by molar-refractivity contribution is -0.147. The summed E-state index contributed by atoms with van der Waals surface area (Å²) >= 11 is 0. The normalized spacial score (nSPS) is 22.3. The van der Waals surface area contributed by atoms with E-state index in [9.17, 15) is 0 Å². The van der Waals surface area contributed by atoms with Gasteiger partial charge >= 0.3 is 0 Å². The average molecular weight is 551 g/mol. The minimum atomic E-state index is -0.863. The molecule has 2 N–H and O–H groups in total. The van der Waals surface area contributed by atoms with E-state index in [0.29, 0.717) is 38.0 Å². The minimum absolute atomic E-state index is 0.338. The second-order valence-electron chi connectivity index (χ2n) is 10.5. The lowest BCUT2D eigenvalue weighted by Crippen LogP contribution is -2.47. The molecule has 0 aliphatic carbocycles. The zero-order chi connectivity index (χ0) is 28.1. The van der Waals surface area contributed by atoms with Crippen molar-refractivity contribution in [3.8, 4) is 0 Å². The molecule has 3 heterocycles. The highest BCUT2D eigenvalue weighted by Gasteiger charge is 2.56. The summed E-state index contributed by atoms with van der Waals surface area (Å²) in [6.07, 6.45) is 2.08. The number of aromatic nitrogens is 3. The number of ether oxygens (including phenoxy) is 4. The van der Waals surface area contributed by atoms with Gasteiger partial charge in [-0.1, -0.05) is 91.0 Å². The summed E-state index contributed by atoms with van der Waals surface area (Å²) in [4.78, 5) is 8.53. The van der Waals surface area contributed by atoms with Gasteiger partial charge in [-0.2, -0.15) is 0 Å². The van der Waals surface area contributed by atoms with Gasteiger partial charge in [-0.15, -0.1) is 0 Å². The molecule has 3 aromatic carbocycles. The average Bonchev–Trinajstić information content (AvgIpc) is 3.56. The van der Waals surface area contributed by atoms with Crippen LogP contribution in [-0.4, -0.2) is 38.8 Å². The first-order valence-corrected chi connectivity index (χ1v) is 13.8. The summed E-state index contributed by atoms with van der Waals surface area (Å²) in [5.74, 6) is 0.353. The van der Waals surface area contributed by atoms with Crippen molar-refractivity contribution in [3.63, 3.8) is 0 Å². The first kappa shape index (κ1) is 27.1. The van der Waals surface area contributed by atoms with Crippen LogP contribution in [0.3, 0.4) is 0 Å². The fourth-order valence-corrected chi connectivity index (χ4v) is 5.41. The van der Waals surface area contributed by atoms with Crippen molar-refractivity contribution in [2.45, 2.75) is 50.7 Å². The van der Waals surface area contributed by atoms with E-state index in [-0.39, 0.29) is 6.10 Å². The maximum Gasteiger partial charge on any atom is 0.207 e. The largest absolute Gasteiger partial charge is 0.374 e. The van der Waals surface area contributed by atoms with Gasteiger partial charge in [0, 0.05) is 11.8 Å². The number of anilines is 1. The number of nitrogen functional groups attached to an aromatic ring is 1. The van der Waals surface area contributed by atoms with E-state index in [0.717, 1.165) is 22.3 Å². The Bertz CT molecular complexity index is 1550. The predicted molar refractivity (Wildman–Crippen MR) is 156 cm³/mol. The molecule has 6 rings (SSSR count). The van der Waals surface area contributed by atoms with Crippen LogP contribution in [0.5, 0.6) is 0 Å². The molecule has 0 unspecified atom stereocenters. The van der Waals surface area contributed by atoms with Gasteiger partial charge in [-0.05, 0) is 29.7 Å². The van der Waals surface area contributed by atoms with Crippen molar-refractivity contribution < 1.29 is 18.9 Å². The van der Waals surface area contributed by atoms with Crippen molar-refractivity contribution in [2.24, 2.45) is 0 Å². The van der Waals surface area contributed by atoms with Crippen LogP contribution in [-0.2, 0) is 38.8 Å². The smallest absolute Gasteiger partial charge is 0.207 e. The van der Waals surface area contributed by atoms with Crippen LogP contribution in [0.25, 0.3) is 5.65 Å². The molecule has 1 aliphatic rings. The lowest BCUT2D eigenvalue weighted by atomic mass is 9.89. The van der Waals surface area contributed by atoms with Gasteiger partial charge in [0.2, 0.25) is 5.95 Å². The van der Waals surface area contributed by atoms with Crippen LogP contribution < -0.4 is 5.73 Å². The molecule has 5 aromatic rings. The van der Waals surface area contributed by atoms with Crippen molar-refractivity contribution in [1.82, 2.24) is 14.4 Å². The van der Waals surface area contributed by atoms with Crippen molar-refractivity contribution in [1.29, 1.82) is 0 Å². The number of benzene rings is 3. The molecule has 41 heavy (non-hydrogen) atoms. The Morgan fingerprint density at radius 2 is 1.44 bits per heavy atom. The van der Waals surface area contributed by atoms with Crippen molar-refractivity contribution >= 4 is 11.6 Å². The maximum absolute atomic E-state index is 6.78. The van der Waals surface area contributed by atoms with Crippen molar-refractivity contribution in [3.05, 3.63) is 132 Å². The summed E-state index contributed by atoms with van der Waals surface area (Å²) in [6.45, 7) is 3.68. The zero-order valence-electron chi connectivity index (χ0n) is 23.0. The van der Waals surface area contributed by atoms with Crippen molar-refractivity contribution in [2.75, 3.05) is 12.3 Å². The predicted octanol–water partition coefficient (Wildman–Crippen LogP) is 5.53. The Labute approximate surface area is 239 Å². The Balaban J connectivity index is 1.32. The highest BCUT2D eigenvalue weighted by molar-refractivity contribution is 5.48. The molecule has 1 aliphatic heterocycles. The quantitative estimate of drug-likeness (QED) is 0.231. The van der Waals surface area contributed by atoms with Gasteiger partial charge in [-0.3, -0.25) is 4.40 Å². The zero-order valence-corrected chi connectivity index (χ0v) is 23.0. The van der Waals surface area contributed by atoms with Gasteiger partial charge in [0.25, 0.3) is 0 Å². The van der Waals surface area contributed by atoms with Crippen LogP contribution in [0.2, 0.25) is 0 Å². The number of rotatable bonds is 11. The Morgan fingerprint density at radius 1 is 0.829 bits per heavy atom. The second kappa shape index (κ2) is 12.2. The molecule has 0 spiro atoms. The maximum atomic E-state index is 6.78. The van der Waals surface area contributed by atoms with E-state index in [1.54, 1.807) is 4.40 Å². The van der Waals surface area contributed by atoms with E-state index < -0.39 is 17.8 Å². The van der Waals surface area contributed by atoms with Crippen LogP contribution in [0.15, 0.2) is 110 Å². The number of nitrogens with two attached hydrogens (primary N) is 1. The molecule has 8 heteroatoms. The third-order valence-electron chi connectivity index (χ3n) is 7.54. The first-order valence-electron chi connectivity index (χ1n) is 13.8. The third kappa shape index (κ3) is 6.01. The first-order chi connectivity index (χ1) is 20.1. The summed E-state index contributed by atoms with van der Waals surface area (Å²) < 4.78 is 28.2. The van der Waals surface area contributed by atoms with E-state index >= 15 is 0 Å². The highest BCUT2D eigenvalue weighted by Crippen LogP contribution is 2.47. The molecule has 0 saturated carbocycles. The summed E-state index contributed by atoms with van der Waals surface area (Å²) in [5, 5.41) is 0. The molecule has 1 fully saturated rings. The fraction of sp³-hybridized carbons (Fsp3) is 0.273. The summed E-state index contributed by atoms with van der Waals surface area (Å²) in [5.41, 5.74) is 10.1. The van der Waals surface area contributed by atoms with Crippen LogP contribution >= 0.6 is 0 Å². The monoisotopic (exact) mass is 550 g/mol. The summed E-state index contributed by atoms with van der Waals surface area (Å²) in [6, 6.07) is 32.3. The molecule has 210 valence electrons. The summed E-state index contributed by atoms with van der Waals surface area (Å²) in [7, 11) is 0. The van der Waals surface area contributed by atoms with Gasteiger partial charge in [0.05, 0.1) is 26.4 Å². The van der Waals surface area contributed by atoms with E-state index in [1.807, 2.05) is 79.0 Å². The molecule has 0 bridgehead atoms. The topological polar surface area (TPSA) is 93.1 Å². The van der Waals surface area contributed by atoms with E-state index in [4.69, 9.17) is 24.7 Å². The molecule has 0 radical (unpaired) electrons. The Morgan fingerprint density at radius 3 is 2.07 bits per heavy atom. The minimum Gasteiger partial charge on any atom is -0.374 e. The Hall–Kier alpha value is -4.08. The molecule has 4 atom stereocenters. The fourth-order valence-electron chi connectivity index (χ4n) is 5.41. The molecular formula is C33H34N4O4. The van der Waals surface area contributed by atoms with Gasteiger partial charge in [0.15, 0.2) is 0 Å². The molecule has 8 nitrogen and oxygen atoms in total. The highest BCUT2D eigenvalue weighted by atomic mass is 16.6. The second-order valence-corrected chi connectivity index (χ2v) is 10.5. The molecular weight excluding hydrogens is 516 g/mol. The van der Waals surface area contributed by atoms with Crippen LogP contribution in [0.1, 0.15) is 35.3 Å².